The minimum atomic E-state index is -0.125. The van der Waals surface area contributed by atoms with E-state index < -0.39 is 0 Å². The Morgan fingerprint density at radius 3 is 2.40 bits per heavy atom. The highest BCUT2D eigenvalue weighted by atomic mass is 31.0. The molecule has 1 rings (SSSR count). The Balaban J connectivity index is 2.47. The van der Waals surface area contributed by atoms with Crippen LogP contribution in [0.5, 0.6) is 0 Å². The molecule has 2 N–H and O–H groups in total. The molecule has 3 heteroatoms. The monoisotopic (exact) mass is 159 g/mol. The van der Waals surface area contributed by atoms with Crippen molar-refractivity contribution in [3.8, 4) is 0 Å². The molecule has 1 saturated carbocycles. The van der Waals surface area contributed by atoms with Gasteiger partial charge in [0.1, 0.15) is 0 Å². The van der Waals surface area contributed by atoms with E-state index in [1.807, 2.05) is 0 Å². The maximum Gasteiger partial charge on any atom is 0.221 e. The van der Waals surface area contributed by atoms with Crippen LogP contribution in [0.3, 0.4) is 0 Å². The zero-order chi connectivity index (χ0) is 7.56. The molecule has 1 aliphatic carbocycles. The third-order valence-electron chi connectivity index (χ3n) is 2.18. The summed E-state index contributed by atoms with van der Waals surface area (Å²) in [5.41, 5.74) is 5.64. The fraction of sp³-hybridized carbons (Fsp3) is 0.857. The second-order valence-corrected chi connectivity index (χ2v) is 3.81. The first-order chi connectivity index (χ1) is 4.72. The Hall–Kier alpha value is -0.100. The van der Waals surface area contributed by atoms with E-state index in [-0.39, 0.29) is 11.8 Å². The molecule has 0 radical (unpaired) electrons. The summed E-state index contributed by atoms with van der Waals surface area (Å²) in [6.07, 6.45) is 4.54. The van der Waals surface area contributed by atoms with Crippen molar-refractivity contribution in [2.24, 2.45) is 11.7 Å². The lowest BCUT2D eigenvalue weighted by molar-refractivity contribution is -0.122. The summed E-state index contributed by atoms with van der Waals surface area (Å²) in [7, 11) is 2.71. The van der Waals surface area contributed by atoms with Gasteiger partial charge in [-0.05, 0) is 18.5 Å². The molecule has 1 amide bonds. The van der Waals surface area contributed by atoms with Crippen molar-refractivity contribution in [3.05, 3.63) is 0 Å². The molecular weight excluding hydrogens is 145 g/mol. The van der Waals surface area contributed by atoms with Crippen LogP contribution in [0.4, 0.5) is 0 Å². The SMILES string of the molecule is NC(=O)C1CCCCC1P. The van der Waals surface area contributed by atoms with Crippen molar-refractivity contribution >= 4 is 15.1 Å². The number of hydrogen-bond donors (Lipinski definition) is 1. The van der Waals surface area contributed by atoms with E-state index in [4.69, 9.17) is 5.73 Å². The van der Waals surface area contributed by atoms with Gasteiger partial charge in [-0.1, -0.05) is 12.8 Å². The van der Waals surface area contributed by atoms with Crippen molar-refractivity contribution in [1.29, 1.82) is 0 Å². The third-order valence-corrected chi connectivity index (χ3v) is 2.98. The van der Waals surface area contributed by atoms with Gasteiger partial charge in [-0.2, -0.15) is 0 Å². The van der Waals surface area contributed by atoms with E-state index in [9.17, 15) is 4.79 Å². The Morgan fingerprint density at radius 2 is 2.00 bits per heavy atom. The zero-order valence-electron chi connectivity index (χ0n) is 6.05. The Morgan fingerprint density at radius 1 is 1.40 bits per heavy atom. The fourth-order valence-corrected chi connectivity index (χ4v) is 2.13. The highest BCUT2D eigenvalue weighted by Crippen LogP contribution is 2.29. The number of primary amides is 1. The van der Waals surface area contributed by atoms with Gasteiger partial charge in [-0.15, -0.1) is 9.24 Å². The summed E-state index contributed by atoms with van der Waals surface area (Å²) in [4.78, 5) is 10.8. The van der Waals surface area contributed by atoms with Crippen molar-refractivity contribution in [2.45, 2.75) is 31.3 Å². The van der Waals surface area contributed by atoms with Crippen LogP contribution in [0.15, 0.2) is 0 Å². The van der Waals surface area contributed by atoms with Crippen LogP contribution in [-0.4, -0.2) is 11.6 Å². The first-order valence-electron chi connectivity index (χ1n) is 3.76. The lowest BCUT2D eigenvalue weighted by Gasteiger charge is -2.25. The summed E-state index contributed by atoms with van der Waals surface area (Å²) in [6.45, 7) is 0. The van der Waals surface area contributed by atoms with E-state index >= 15 is 0 Å². The number of amides is 1. The van der Waals surface area contributed by atoms with Gasteiger partial charge < -0.3 is 5.73 Å². The molecule has 0 aromatic heterocycles. The van der Waals surface area contributed by atoms with E-state index in [1.54, 1.807) is 0 Å². The number of carbonyl (C=O) groups excluding carboxylic acids is 1. The van der Waals surface area contributed by atoms with Crippen molar-refractivity contribution in [3.63, 3.8) is 0 Å². The Kier molecular flexibility index (Phi) is 2.67. The van der Waals surface area contributed by atoms with Gasteiger partial charge in [-0.25, -0.2) is 0 Å². The van der Waals surface area contributed by atoms with Crippen LogP contribution < -0.4 is 5.73 Å². The number of rotatable bonds is 1. The minimum Gasteiger partial charge on any atom is -0.369 e. The normalized spacial score (nSPS) is 33.7. The van der Waals surface area contributed by atoms with Gasteiger partial charge in [0.05, 0.1) is 0 Å². The molecule has 58 valence electrons. The maximum absolute atomic E-state index is 10.8. The van der Waals surface area contributed by atoms with Crippen LogP contribution >= 0.6 is 9.24 Å². The van der Waals surface area contributed by atoms with Gasteiger partial charge >= 0.3 is 0 Å². The van der Waals surface area contributed by atoms with Gasteiger partial charge in [0, 0.05) is 5.92 Å². The lowest BCUT2D eigenvalue weighted by atomic mass is 9.88. The van der Waals surface area contributed by atoms with Crippen molar-refractivity contribution in [2.75, 3.05) is 0 Å². The van der Waals surface area contributed by atoms with Crippen LogP contribution in [0, 0.1) is 5.92 Å². The number of carbonyl (C=O) groups is 1. The average molecular weight is 159 g/mol. The standard InChI is InChI=1S/C7H14NOP/c8-7(9)5-3-1-2-4-6(5)10/h5-6H,1-4,10H2,(H2,8,9). The molecule has 2 nitrogen and oxygen atoms in total. The molecule has 0 spiro atoms. The average Bonchev–Trinajstić information content (AvgIpc) is 1.88. The molecule has 0 aliphatic heterocycles. The van der Waals surface area contributed by atoms with E-state index in [1.165, 1.54) is 12.8 Å². The Bertz CT molecular complexity index is 138. The molecule has 0 heterocycles. The van der Waals surface area contributed by atoms with Gasteiger partial charge in [0.25, 0.3) is 0 Å². The smallest absolute Gasteiger partial charge is 0.221 e. The fourth-order valence-electron chi connectivity index (χ4n) is 1.51. The number of hydrogen-bond acceptors (Lipinski definition) is 1. The first kappa shape index (κ1) is 8.00. The van der Waals surface area contributed by atoms with Crippen molar-refractivity contribution in [1.82, 2.24) is 0 Å². The van der Waals surface area contributed by atoms with Gasteiger partial charge in [-0.3, -0.25) is 4.79 Å². The topological polar surface area (TPSA) is 43.1 Å². The van der Waals surface area contributed by atoms with Crippen LogP contribution in [0.2, 0.25) is 0 Å². The van der Waals surface area contributed by atoms with Gasteiger partial charge in [0.2, 0.25) is 5.91 Å². The molecule has 1 fully saturated rings. The van der Waals surface area contributed by atoms with E-state index in [0.717, 1.165) is 12.8 Å². The van der Waals surface area contributed by atoms with Gasteiger partial charge in [0.15, 0.2) is 0 Å². The summed E-state index contributed by atoms with van der Waals surface area (Å²) >= 11 is 0. The highest BCUT2D eigenvalue weighted by molar-refractivity contribution is 7.17. The molecule has 0 bridgehead atoms. The maximum atomic E-state index is 10.8. The van der Waals surface area contributed by atoms with E-state index in [0.29, 0.717) is 5.66 Å². The molecule has 3 atom stereocenters. The summed E-state index contributed by atoms with van der Waals surface area (Å²) in [5, 5.41) is 0. The molecular formula is C7H14NOP. The number of nitrogens with two attached hydrogens (primary N) is 1. The van der Waals surface area contributed by atoms with Crippen LogP contribution in [0.25, 0.3) is 0 Å². The predicted octanol–water partition coefficient (Wildman–Crippen LogP) is 0.906. The van der Waals surface area contributed by atoms with Crippen molar-refractivity contribution < 1.29 is 4.79 Å². The van der Waals surface area contributed by atoms with E-state index in [2.05, 4.69) is 9.24 Å². The van der Waals surface area contributed by atoms with Crippen LogP contribution in [0.1, 0.15) is 25.7 Å². The molecule has 0 aromatic carbocycles. The third kappa shape index (κ3) is 1.69. The summed E-state index contributed by atoms with van der Waals surface area (Å²) in [6, 6.07) is 0. The Labute approximate surface area is 63.8 Å². The molecule has 1 aliphatic rings. The highest BCUT2D eigenvalue weighted by Gasteiger charge is 2.25. The second kappa shape index (κ2) is 3.34. The largest absolute Gasteiger partial charge is 0.369 e. The predicted molar refractivity (Wildman–Crippen MR) is 44.7 cm³/mol. The second-order valence-electron chi connectivity index (χ2n) is 2.96. The lowest BCUT2D eigenvalue weighted by Crippen LogP contribution is -2.32. The summed E-state index contributed by atoms with van der Waals surface area (Å²) < 4.78 is 0. The molecule has 0 aromatic rings. The zero-order valence-corrected chi connectivity index (χ0v) is 7.20. The van der Waals surface area contributed by atoms with Crippen LogP contribution in [-0.2, 0) is 4.79 Å². The minimum absolute atomic E-state index is 0.124. The first-order valence-corrected chi connectivity index (χ1v) is 4.43. The summed E-state index contributed by atoms with van der Waals surface area (Å²) in [5.74, 6) is -0.00144. The molecule has 0 saturated heterocycles. The molecule has 10 heavy (non-hydrogen) atoms. The molecule has 3 unspecified atom stereocenters. The quantitative estimate of drug-likeness (QED) is 0.567.